The molecule has 2 aliphatic heterocycles. The Morgan fingerprint density at radius 3 is 2.95 bits per heavy atom. The highest BCUT2D eigenvalue weighted by atomic mass is 19.1. The van der Waals surface area contributed by atoms with Crippen LogP contribution in [-0.2, 0) is 16.0 Å². The molecule has 4 nitrogen and oxygen atoms in total. The first-order valence-electron chi connectivity index (χ1n) is 7.57. The van der Waals surface area contributed by atoms with E-state index in [4.69, 9.17) is 0 Å². The van der Waals surface area contributed by atoms with Gasteiger partial charge >= 0.3 is 0 Å². The molecular weight excluding hydrogens is 290 g/mol. The fraction of sp³-hybridized carbons (Fsp3) is 0.500. The van der Waals surface area contributed by atoms with Crippen molar-refractivity contribution >= 4 is 11.8 Å². The molecule has 1 aromatic carbocycles. The zero-order valence-corrected chi connectivity index (χ0v) is 12.1. The van der Waals surface area contributed by atoms with Crippen LogP contribution < -0.4 is 5.32 Å². The number of carbonyl (C=O) groups is 2. The van der Waals surface area contributed by atoms with Gasteiger partial charge in [-0.05, 0) is 30.9 Å². The number of nitrogens with one attached hydrogen (secondary N) is 1. The largest absolute Gasteiger partial charge is 0.354 e. The molecule has 2 heterocycles. The van der Waals surface area contributed by atoms with Gasteiger partial charge in [0.05, 0.1) is 12.0 Å². The van der Waals surface area contributed by atoms with E-state index in [1.54, 1.807) is 4.90 Å². The summed E-state index contributed by atoms with van der Waals surface area (Å²) in [6.07, 6.45) is 2.03. The lowest BCUT2D eigenvalue weighted by Crippen LogP contribution is -2.48. The first kappa shape index (κ1) is 14.9. The average molecular weight is 308 g/mol. The van der Waals surface area contributed by atoms with E-state index in [0.717, 1.165) is 18.9 Å². The van der Waals surface area contributed by atoms with E-state index in [-0.39, 0.29) is 36.6 Å². The van der Waals surface area contributed by atoms with Crippen LogP contribution in [0.25, 0.3) is 0 Å². The molecule has 1 N–H and O–H groups in total. The van der Waals surface area contributed by atoms with Gasteiger partial charge < -0.3 is 10.2 Å². The topological polar surface area (TPSA) is 49.4 Å². The zero-order valence-electron chi connectivity index (χ0n) is 12.1. The van der Waals surface area contributed by atoms with Crippen molar-refractivity contribution in [3.8, 4) is 0 Å². The smallest absolute Gasteiger partial charge is 0.225 e. The van der Waals surface area contributed by atoms with Crippen LogP contribution in [-0.4, -0.2) is 35.8 Å². The Bertz CT molecular complexity index is 606. The summed E-state index contributed by atoms with van der Waals surface area (Å²) in [5.74, 6) is -1.41. The zero-order chi connectivity index (χ0) is 15.7. The Balaban J connectivity index is 1.63. The molecule has 118 valence electrons. The van der Waals surface area contributed by atoms with E-state index in [2.05, 4.69) is 5.32 Å². The standard InChI is InChI=1S/C16H18F2N2O2/c17-11-5-3-10(13(18)8-11)4-6-15(21)20-7-1-2-12-14(20)9-19-16(12)22/h3,5,8,12,14H,1-2,4,6-7,9H2,(H,19,22)/t12-,14-/m1/s1. The first-order valence-corrected chi connectivity index (χ1v) is 7.57. The van der Waals surface area contributed by atoms with E-state index in [9.17, 15) is 18.4 Å². The maximum atomic E-state index is 13.6. The number of rotatable bonds is 3. The van der Waals surface area contributed by atoms with Gasteiger partial charge in [0.1, 0.15) is 11.6 Å². The van der Waals surface area contributed by atoms with Gasteiger partial charge in [-0.2, -0.15) is 0 Å². The fourth-order valence-electron chi connectivity index (χ4n) is 3.37. The predicted octanol–water partition coefficient (Wildman–Crippen LogP) is 1.63. The summed E-state index contributed by atoms with van der Waals surface area (Å²) in [5, 5.41) is 2.80. The van der Waals surface area contributed by atoms with Crippen LogP contribution >= 0.6 is 0 Å². The van der Waals surface area contributed by atoms with Crippen LogP contribution in [0.15, 0.2) is 18.2 Å². The number of fused-ring (bicyclic) bond motifs is 1. The Kier molecular flexibility index (Phi) is 4.09. The number of halogens is 2. The summed E-state index contributed by atoms with van der Waals surface area (Å²) >= 11 is 0. The molecule has 0 bridgehead atoms. The van der Waals surface area contributed by atoms with Crippen LogP contribution in [0.5, 0.6) is 0 Å². The lowest BCUT2D eigenvalue weighted by Gasteiger charge is -2.36. The third-order valence-corrected chi connectivity index (χ3v) is 4.54. The minimum atomic E-state index is -0.623. The number of benzene rings is 1. The summed E-state index contributed by atoms with van der Waals surface area (Å²) in [6, 6.07) is 3.32. The van der Waals surface area contributed by atoms with Gasteiger partial charge in [0.2, 0.25) is 11.8 Å². The van der Waals surface area contributed by atoms with Gasteiger partial charge in [0.25, 0.3) is 0 Å². The van der Waals surface area contributed by atoms with Crippen molar-refractivity contribution in [2.45, 2.75) is 31.7 Å². The average Bonchev–Trinajstić information content (AvgIpc) is 2.88. The molecule has 2 saturated heterocycles. The lowest BCUT2D eigenvalue weighted by molar-refractivity contribution is -0.136. The van der Waals surface area contributed by atoms with Crippen molar-refractivity contribution in [3.63, 3.8) is 0 Å². The monoisotopic (exact) mass is 308 g/mol. The number of aryl methyl sites for hydroxylation is 1. The second-order valence-electron chi connectivity index (χ2n) is 5.88. The molecule has 0 spiro atoms. The first-order chi connectivity index (χ1) is 10.6. The van der Waals surface area contributed by atoms with E-state index in [1.807, 2.05) is 0 Å². The number of amides is 2. The van der Waals surface area contributed by atoms with Gasteiger partial charge in [0.15, 0.2) is 0 Å². The van der Waals surface area contributed by atoms with Crippen LogP contribution in [0.4, 0.5) is 8.78 Å². The molecule has 6 heteroatoms. The molecule has 1 aromatic rings. The van der Waals surface area contributed by atoms with Crippen molar-refractivity contribution in [2.24, 2.45) is 5.92 Å². The van der Waals surface area contributed by atoms with Crippen molar-refractivity contribution in [1.29, 1.82) is 0 Å². The molecule has 2 aliphatic rings. The second-order valence-corrected chi connectivity index (χ2v) is 5.88. The molecular formula is C16H18F2N2O2. The fourth-order valence-corrected chi connectivity index (χ4v) is 3.37. The quantitative estimate of drug-likeness (QED) is 0.923. The maximum absolute atomic E-state index is 13.6. The molecule has 3 rings (SSSR count). The molecule has 0 unspecified atom stereocenters. The number of hydrogen-bond acceptors (Lipinski definition) is 2. The number of carbonyl (C=O) groups excluding carboxylic acids is 2. The highest BCUT2D eigenvalue weighted by Gasteiger charge is 2.42. The van der Waals surface area contributed by atoms with Gasteiger partial charge in [-0.25, -0.2) is 8.78 Å². The van der Waals surface area contributed by atoms with Crippen LogP contribution in [0, 0.1) is 17.6 Å². The minimum Gasteiger partial charge on any atom is -0.354 e. The number of piperidine rings is 1. The molecule has 2 atom stereocenters. The third-order valence-electron chi connectivity index (χ3n) is 4.54. The molecule has 22 heavy (non-hydrogen) atoms. The molecule has 0 aliphatic carbocycles. The molecule has 0 aromatic heterocycles. The summed E-state index contributed by atoms with van der Waals surface area (Å²) in [4.78, 5) is 25.8. The lowest BCUT2D eigenvalue weighted by atomic mass is 9.91. The number of likely N-dealkylation sites (tertiary alicyclic amines) is 1. The van der Waals surface area contributed by atoms with Crippen molar-refractivity contribution in [3.05, 3.63) is 35.4 Å². The summed E-state index contributed by atoms with van der Waals surface area (Å²) < 4.78 is 26.5. The molecule has 0 radical (unpaired) electrons. The SMILES string of the molecule is O=C1NC[C@@H]2[C@H]1CCCN2C(=O)CCc1ccc(F)cc1F. The second kappa shape index (κ2) is 6.02. The summed E-state index contributed by atoms with van der Waals surface area (Å²) in [6.45, 7) is 1.14. The van der Waals surface area contributed by atoms with Crippen molar-refractivity contribution in [2.75, 3.05) is 13.1 Å². The van der Waals surface area contributed by atoms with Crippen LogP contribution in [0.3, 0.4) is 0 Å². The Hall–Kier alpha value is -1.98. The Morgan fingerprint density at radius 1 is 1.36 bits per heavy atom. The van der Waals surface area contributed by atoms with Crippen molar-refractivity contribution < 1.29 is 18.4 Å². The van der Waals surface area contributed by atoms with Crippen molar-refractivity contribution in [1.82, 2.24) is 10.2 Å². The van der Waals surface area contributed by atoms with Gasteiger partial charge in [0, 0.05) is 25.6 Å². The van der Waals surface area contributed by atoms with E-state index >= 15 is 0 Å². The van der Waals surface area contributed by atoms with E-state index in [1.165, 1.54) is 12.1 Å². The Morgan fingerprint density at radius 2 is 2.18 bits per heavy atom. The van der Waals surface area contributed by atoms with Gasteiger partial charge in [-0.1, -0.05) is 6.07 Å². The molecule has 2 fully saturated rings. The molecule has 2 amide bonds. The Labute approximate surface area is 127 Å². The molecule has 0 saturated carbocycles. The maximum Gasteiger partial charge on any atom is 0.225 e. The van der Waals surface area contributed by atoms with E-state index < -0.39 is 11.6 Å². The summed E-state index contributed by atoms with van der Waals surface area (Å²) in [5.41, 5.74) is 0.337. The highest BCUT2D eigenvalue weighted by molar-refractivity contribution is 5.84. The van der Waals surface area contributed by atoms with Crippen LogP contribution in [0.1, 0.15) is 24.8 Å². The van der Waals surface area contributed by atoms with Crippen LogP contribution in [0.2, 0.25) is 0 Å². The minimum absolute atomic E-state index is 0.0204. The number of hydrogen-bond donors (Lipinski definition) is 1. The number of nitrogens with zero attached hydrogens (tertiary/aromatic N) is 1. The van der Waals surface area contributed by atoms with Gasteiger partial charge in [-0.15, -0.1) is 0 Å². The third kappa shape index (κ3) is 2.82. The van der Waals surface area contributed by atoms with Gasteiger partial charge in [-0.3, -0.25) is 9.59 Å². The van der Waals surface area contributed by atoms with E-state index in [0.29, 0.717) is 18.7 Å². The highest BCUT2D eigenvalue weighted by Crippen LogP contribution is 2.28. The predicted molar refractivity (Wildman–Crippen MR) is 75.9 cm³/mol. The summed E-state index contributed by atoms with van der Waals surface area (Å²) in [7, 11) is 0. The normalized spacial score (nSPS) is 24.1.